The molecule has 4 nitrogen and oxygen atoms in total. The minimum atomic E-state index is -0.401. The van der Waals surface area contributed by atoms with Crippen molar-refractivity contribution < 1.29 is 4.79 Å². The first-order valence-corrected chi connectivity index (χ1v) is 6.35. The fourth-order valence-corrected chi connectivity index (χ4v) is 2.08. The highest BCUT2D eigenvalue weighted by Crippen LogP contribution is 2.10. The van der Waals surface area contributed by atoms with Crippen LogP contribution in [0.2, 0.25) is 0 Å². The Morgan fingerprint density at radius 1 is 1.31 bits per heavy atom. The van der Waals surface area contributed by atoms with Crippen LogP contribution in [-0.2, 0) is 4.79 Å². The average molecular weight is 227 g/mol. The topological polar surface area (TPSA) is 58.4 Å². The molecule has 3 N–H and O–H groups in total. The quantitative estimate of drug-likeness (QED) is 0.722. The number of amides is 1. The third kappa shape index (κ3) is 4.94. The highest BCUT2D eigenvalue weighted by molar-refractivity contribution is 5.80. The molecular weight excluding hydrogens is 202 g/mol. The maximum atomic E-state index is 11.3. The monoisotopic (exact) mass is 227 g/mol. The fourth-order valence-electron chi connectivity index (χ4n) is 2.08. The van der Waals surface area contributed by atoms with Gasteiger partial charge in [0, 0.05) is 13.1 Å². The van der Waals surface area contributed by atoms with E-state index < -0.39 is 6.04 Å². The maximum Gasteiger partial charge on any atom is 0.236 e. The van der Waals surface area contributed by atoms with Crippen LogP contribution in [-0.4, -0.2) is 43.0 Å². The molecule has 0 aliphatic carbocycles. The zero-order valence-electron chi connectivity index (χ0n) is 10.5. The third-order valence-corrected chi connectivity index (χ3v) is 3.06. The fraction of sp³-hybridized carbons (Fsp3) is 0.917. The molecule has 4 heteroatoms. The van der Waals surface area contributed by atoms with Gasteiger partial charge in [0.25, 0.3) is 0 Å². The van der Waals surface area contributed by atoms with Crippen molar-refractivity contribution in [2.45, 2.75) is 39.2 Å². The highest BCUT2D eigenvalue weighted by atomic mass is 16.2. The second-order valence-corrected chi connectivity index (χ2v) is 5.00. The van der Waals surface area contributed by atoms with Gasteiger partial charge in [0.1, 0.15) is 0 Å². The number of piperidine rings is 1. The Morgan fingerprint density at radius 3 is 2.50 bits per heavy atom. The molecule has 94 valence electrons. The first-order valence-electron chi connectivity index (χ1n) is 6.35. The lowest BCUT2D eigenvalue weighted by atomic mass is 10.1. The molecule has 1 fully saturated rings. The summed E-state index contributed by atoms with van der Waals surface area (Å²) in [6.45, 7) is 8.13. The normalized spacial score (nSPS) is 21.4. The number of likely N-dealkylation sites (tertiary alicyclic amines) is 1. The molecule has 1 saturated heterocycles. The average Bonchev–Trinajstić information content (AvgIpc) is 2.27. The van der Waals surface area contributed by atoms with Gasteiger partial charge >= 0.3 is 0 Å². The van der Waals surface area contributed by atoms with E-state index >= 15 is 0 Å². The van der Waals surface area contributed by atoms with Crippen molar-refractivity contribution in [2.24, 2.45) is 11.7 Å². The van der Waals surface area contributed by atoms with E-state index in [0.29, 0.717) is 5.92 Å². The number of carbonyl (C=O) groups is 1. The summed E-state index contributed by atoms with van der Waals surface area (Å²) in [6.07, 6.45) is 4.00. The van der Waals surface area contributed by atoms with E-state index in [2.05, 4.69) is 17.1 Å². The van der Waals surface area contributed by atoms with Gasteiger partial charge in [-0.2, -0.15) is 0 Å². The zero-order valence-corrected chi connectivity index (χ0v) is 10.5. The first-order chi connectivity index (χ1) is 7.59. The molecule has 1 rings (SSSR count). The van der Waals surface area contributed by atoms with Crippen LogP contribution in [0.4, 0.5) is 0 Å². The minimum absolute atomic E-state index is 0.0505. The summed E-state index contributed by atoms with van der Waals surface area (Å²) in [5.41, 5.74) is 5.48. The van der Waals surface area contributed by atoms with Crippen molar-refractivity contribution in [1.82, 2.24) is 10.2 Å². The molecule has 0 bridgehead atoms. The highest BCUT2D eigenvalue weighted by Gasteiger charge is 2.14. The molecule has 1 aliphatic rings. The largest absolute Gasteiger partial charge is 0.354 e. The lowest BCUT2D eigenvalue weighted by Crippen LogP contribution is -2.42. The summed E-state index contributed by atoms with van der Waals surface area (Å²) >= 11 is 0. The van der Waals surface area contributed by atoms with Crippen LogP contribution in [0.5, 0.6) is 0 Å². The van der Waals surface area contributed by atoms with Gasteiger partial charge in [-0.05, 0) is 38.8 Å². The van der Waals surface area contributed by atoms with Gasteiger partial charge in [-0.3, -0.25) is 4.79 Å². The Balaban J connectivity index is 2.14. The van der Waals surface area contributed by atoms with E-state index in [1.54, 1.807) is 6.92 Å². The van der Waals surface area contributed by atoms with Crippen molar-refractivity contribution in [1.29, 1.82) is 0 Å². The molecule has 1 heterocycles. The van der Waals surface area contributed by atoms with Crippen molar-refractivity contribution in [3.63, 3.8) is 0 Å². The lowest BCUT2D eigenvalue weighted by molar-refractivity contribution is -0.122. The molecule has 0 aromatic rings. The van der Waals surface area contributed by atoms with Crippen LogP contribution in [0.1, 0.15) is 33.1 Å². The van der Waals surface area contributed by atoms with E-state index in [9.17, 15) is 4.79 Å². The summed E-state index contributed by atoms with van der Waals surface area (Å²) in [6, 6.07) is -0.401. The van der Waals surface area contributed by atoms with Crippen molar-refractivity contribution in [2.75, 3.05) is 26.2 Å². The Labute approximate surface area is 98.6 Å². The van der Waals surface area contributed by atoms with Crippen LogP contribution < -0.4 is 11.1 Å². The SMILES string of the molecule is CC(CNC(=O)C(C)N)CN1CCCCC1. The van der Waals surface area contributed by atoms with Crippen LogP contribution in [0.25, 0.3) is 0 Å². The molecule has 1 amide bonds. The number of hydrogen-bond acceptors (Lipinski definition) is 3. The van der Waals surface area contributed by atoms with Gasteiger partial charge in [0.2, 0.25) is 5.91 Å². The smallest absolute Gasteiger partial charge is 0.236 e. The summed E-state index contributed by atoms with van der Waals surface area (Å²) in [5.74, 6) is 0.450. The molecule has 2 unspecified atom stereocenters. The molecule has 0 aromatic carbocycles. The Morgan fingerprint density at radius 2 is 1.94 bits per heavy atom. The first kappa shape index (κ1) is 13.5. The third-order valence-electron chi connectivity index (χ3n) is 3.06. The summed E-state index contributed by atoms with van der Waals surface area (Å²) < 4.78 is 0. The van der Waals surface area contributed by atoms with Gasteiger partial charge in [0.05, 0.1) is 6.04 Å². The van der Waals surface area contributed by atoms with Gasteiger partial charge in [-0.25, -0.2) is 0 Å². The number of rotatable bonds is 5. The van der Waals surface area contributed by atoms with E-state index in [4.69, 9.17) is 5.73 Å². The number of hydrogen-bond donors (Lipinski definition) is 2. The summed E-state index contributed by atoms with van der Waals surface area (Å²) in [4.78, 5) is 13.8. The molecule has 1 aliphatic heterocycles. The minimum Gasteiger partial charge on any atom is -0.354 e. The van der Waals surface area contributed by atoms with Gasteiger partial charge in [0.15, 0.2) is 0 Å². The van der Waals surface area contributed by atoms with Crippen LogP contribution in [0.15, 0.2) is 0 Å². The second kappa shape index (κ2) is 6.86. The van der Waals surface area contributed by atoms with Crippen molar-refractivity contribution in [3.8, 4) is 0 Å². The summed E-state index contributed by atoms with van der Waals surface area (Å²) in [5, 5.41) is 2.88. The van der Waals surface area contributed by atoms with E-state index in [1.807, 2.05) is 0 Å². The van der Waals surface area contributed by atoms with Crippen LogP contribution in [0, 0.1) is 5.92 Å². The van der Waals surface area contributed by atoms with E-state index in [-0.39, 0.29) is 5.91 Å². The predicted octanol–water partition coefficient (Wildman–Crippen LogP) is 0.572. The maximum absolute atomic E-state index is 11.3. The lowest BCUT2D eigenvalue weighted by Gasteiger charge is -2.29. The number of nitrogens with zero attached hydrogens (tertiary/aromatic N) is 1. The standard InChI is InChI=1S/C12H25N3O/c1-10(8-14-12(16)11(2)13)9-15-6-4-3-5-7-15/h10-11H,3-9,13H2,1-2H3,(H,14,16). The Hall–Kier alpha value is -0.610. The molecule has 0 aromatic heterocycles. The zero-order chi connectivity index (χ0) is 12.0. The molecule has 16 heavy (non-hydrogen) atoms. The molecule has 0 spiro atoms. The van der Waals surface area contributed by atoms with E-state index in [0.717, 1.165) is 13.1 Å². The van der Waals surface area contributed by atoms with Gasteiger partial charge in [-0.1, -0.05) is 13.3 Å². The van der Waals surface area contributed by atoms with Crippen LogP contribution in [0.3, 0.4) is 0 Å². The molecular formula is C12H25N3O. The number of carbonyl (C=O) groups excluding carboxylic acids is 1. The molecule has 0 saturated carbocycles. The van der Waals surface area contributed by atoms with Gasteiger partial charge in [-0.15, -0.1) is 0 Å². The molecule has 2 atom stereocenters. The second-order valence-electron chi connectivity index (χ2n) is 5.00. The van der Waals surface area contributed by atoms with Crippen molar-refractivity contribution in [3.05, 3.63) is 0 Å². The van der Waals surface area contributed by atoms with Crippen molar-refractivity contribution >= 4 is 5.91 Å². The predicted molar refractivity (Wildman–Crippen MR) is 66.1 cm³/mol. The Bertz CT molecular complexity index is 212. The molecule has 0 radical (unpaired) electrons. The Kier molecular flexibility index (Phi) is 5.77. The number of nitrogens with two attached hydrogens (primary N) is 1. The van der Waals surface area contributed by atoms with E-state index in [1.165, 1.54) is 32.4 Å². The number of nitrogens with one attached hydrogen (secondary N) is 1. The summed E-state index contributed by atoms with van der Waals surface area (Å²) in [7, 11) is 0. The van der Waals surface area contributed by atoms with Crippen LogP contribution >= 0.6 is 0 Å². The van der Waals surface area contributed by atoms with Gasteiger partial charge < -0.3 is 16.0 Å².